The van der Waals surface area contributed by atoms with Crippen molar-refractivity contribution in [1.82, 2.24) is 30.8 Å². The zero-order chi connectivity index (χ0) is 20.1. The molecule has 3 atom stereocenters. The van der Waals surface area contributed by atoms with Crippen molar-refractivity contribution in [2.75, 3.05) is 14.2 Å². The van der Waals surface area contributed by atoms with E-state index in [-0.39, 0.29) is 27.6 Å². The minimum Gasteiger partial charge on any atom is -0.496 e. The molecule has 2 saturated heterocycles. The summed E-state index contributed by atoms with van der Waals surface area (Å²) in [6.45, 7) is 4.05. The summed E-state index contributed by atoms with van der Waals surface area (Å²) in [7, 11) is 2.96. The summed E-state index contributed by atoms with van der Waals surface area (Å²) in [4.78, 5) is 27.5. The molecule has 11 heteroatoms. The Bertz CT molecular complexity index is 896. The lowest BCUT2D eigenvalue weighted by Gasteiger charge is -2.44. The molecule has 0 aliphatic carbocycles. The molecular formula is C17H20N6O4S. The molecular weight excluding hydrogens is 384 g/mol. The summed E-state index contributed by atoms with van der Waals surface area (Å²) in [5, 5.41) is 16.6. The van der Waals surface area contributed by atoms with E-state index >= 15 is 0 Å². The quantitative estimate of drug-likeness (QED) is 0.700. The third-order valence-electron chi connectivity index (χ3n) is 5.00. The average molecular weight is 404 g/mol. The highest BCUT2D eigenvalue weighted by Gasteiger charge is 2.63. The van der Waals surface area contributed by atoms with Crippen LogP contribution in [-0.2, 0) is 4.79 Å². The first-order valence-corrected chi connectivity index (χ1v) is 9.52. The number of β-lactam (4-membered cyclic amide) rings is 1. The highest BCUT2D eigenvalue weighted by atomic mass is 32.2. The number of carbonyl (C=O) groups is 2. The topological polar surface area (TPSA) is 122 Å². The van der Waals surface area contributed by atoms with E-state index in [1.54, 1.807) is 34.9 Å². The van der Waals surface area contributed by atoms with Crippen molar-refractivity contribution in [2.45, 2.75) is 36.1 Å². The monoisotopic (exact) mass is 404 g/mol. The van der Waals surface area contributed by atoms with Gasteiger partial charge in [0.25, 0.3) is 5.91 Å². The van der Waals surface area contributed by atoms with Gasteiger partial charge in [0, 0.05) is 4.75 Å². The van der Waals surface area contributed by atoms with E-state index in [1.165, 1.54) is 14.2 Å². The number of ether oxygens (including phenoxy) is 2. The summed E-state index contributed by atoms with van der Waals surface area (Å²) in [5.74, 6) is 0.697. The largest absolute Gasteiger partial charge is 0.496 e. The number of rotatable bonds is 5. The van der Waals surface area contributed by atoms with E-state index in [0.717, 1.165) is 0 Å². The van der Waals surface area contributed by atoms with Crippen molar-refractivity contribution in [2.24, 2.45) is 0 Å². The minimum absolute atomic E-state index is 0.174. The number of nitrogens with one attached hydrogen (secondary N) is 2. The molecule has 0 radical (unpaired) electrons. The molecule has 2 aromatic rings. The summed E-state index contributed by atoms with van der Waals surface area (Å²) in [6, 6.07) is 4.14. The van der Waals surface area contributed by atoms with Crippen molar-refractivity contribution in [3.8, 4) is 11.5 Å². The van der Waals surface area contributed by atoms with Gasteiger partial charge in [-0.1, -0.05) is 6.07 Å². The highest BCUT2D eigenvalue weighted by Crippen LogP contribution is 2.56. The second-order valence-corrected chi connectivity index (χ2v) is 8.81. The Morgan fingerprint density at radius 1 is 1.29 bits per heavy atom. The summed E-state index contributed by atoms with van der Waals surface area (Å²) in [6.07, 6.45) is 0. The van der Waals surface area contributed by atoms with E-state index in [4.69, 9.17) is 9.47 Å². The predicted octanol–water partition coefficient (Wildman–Crippen LogP) is 0.750. The number of nitrogens with zero attached hydrogens (tertiary/aromatic N) is 4. The number of H-pyrrole nitrogens is 1. The highest BCUT2D eigenvalue weighted by molar-refractivity contribution is 8.01. The fraction of sp³-hybridized carbons (Fsp3) is 0.471. The molecule has 2 amide bonds. The van der Waals surface area contributed by atoms with Crippen LogP contribution in [0.1, 0.15) is 36.1 Å². The van der Waals surface area contributed by atoms with Crippen molar-refractivity contribution in [3.63, 3.8) is 0 Å². The molecule has 3 heterocycles. The molecule has 10 nitrogen and oxygen atoms in total. The molecule has 0 saturated carbocycles. The number of amides is 2. The number of aromatic amines is 1. The van der Waals surface area contributed by atoms with Gasteiger partial charge in [-0.2, -0.15) is 0 Å². The van der Waals surface area contributed by atoms with Crippen LogP contribution in [0.2, 0.25) is 0 Å². The lowest BCUT2D eigenvalue weighted by atomic mass is 9.95. The second kappa shape index (κ2) is 6.66. The van der Waals surface area contributed by atoms with Gasteiger partial charge in [-0.3, -0.25) is 9.59 Å². The second-order valence-electron chi connectivity index (χ2n) is 7.04. The van der Waals surface area contributed by atoms with Crippen molar-refractivity contribution in [3.05, 3.63) is 29.6 Å². The van der Waals surface area contributed by atoms with Crippen LogP contribution in [-0.4, -0.2) is 67.7 Å². The van der Waals surface area contributed by atoms with E-state index in [2.05, 4.69) is 25.9 Å². The Morgan fingerprint density at radius 2 is 1.96 bits per heavy atom. The van der Waals surface area contributed by atoms with Crippen molar-refractivity contribution in [1.29, 1.82) is 0 Å². The van der Waals surface area contributed by atoms with E-state index < -0.39 is 11.9 Å². The molecule has 2 aliphatic rings. The average Bonchev–Trinajstić information content (AvgIpc) is 3.29. The number of thioether (sulfide) groups is 1. The number of hydrogen-bond acceptors (Lipinski definition) is 8. The fourth-order valence-electron chi connectivity index (χ4n) is 3.76. The molecule has 3 unspecified atom stereocenters. The van der Waals surface area contributed by atoms with Crippen LogP contribution in [0.25, 0.3) is 0 Å². The van der Waals surface area contributed by atoms with Gasteiger partial charge in [-0.25, -0.2) is 5.10 Å². The van der Waals surface area contributed by atoms with Crippen molar-refractivity contribution < 1.29 is 19.1 Å². The number of benzene rings is 1. The maximum Gasteiger partial charge on any atom is 0.259 e. The van der Waals surface area contributed by atoms with Gasteiger partial charge in [0.1, 0.15) is 34.5 Å². The Balaban J connectivity index is 1.57. The smallest absolute Gasteiger partial charge is 0.259 e. The molecule has 28 heavy (non-hydrogen) atoms. The Kier molecular flexibility index (Phi) is 4.41. The SMILES string of the molecule is COc1cccc(OC)c1C(=O)NC1C(=O)N2C1SC(C)(C)C2c1nnn[nH]1. The summed E-state index contributed by atoms with van der Waals surface area (Å²) >= 11 is 1.61. The van der Waals surface area contributed by atoms with Crippen LogP contribution in [0.15, 0.2) is 18.2 Å². The van der Waals surface area contributed by atoms with Gasteiger partial charge in [-0.15, -0.1) is 16.9 Å². The number of methoxy groups -OCH3 is 2. The van der Waals surface area contributed by atoms with E-state index in [1.807, 2.05) is 13.8 Å². The van der Waals surface area contributed by atoms with Gasteiger partial charge >= 0.3 is 0 Å². The van der Waals surface area contributed by atoms with Gasteiger partial charge in [-0.05, 0) is 36.4 Å². The first-order chi connectivity index (χ1) is 13.4. The molecule has 148 valence electrons. The normalized spacial score (nSPS) is 25.1. The lowest BCUT2D eigenvalue weighted by molar-refractivity contribution is -0.148. The number of tetrazole rings is 1. The summed E-state index contributed by atoms with van der Waals surface area (Å²) in [5.41, 5.74) is 0.261. The number of aromatic nitrogens is 4. The van der Waals surface area contributed by atoms with Crippen LogP contribution >= 0.6 is 11.8 Å². The Morgan fingerprint density at radius 3 is 2.54 bits per heavy atom. The predicted molar refractivity (Wildman–Crippen MR) is 100 cm³/mol. The van der Waals surface area contributed by atoms with Gasteiger partial charge in [0.05, 0.1) is 14.2 Å². The fourth-order valence-corrected chi connectivity index (χ4v) is 5.40. The zero-order valence-electron chi connectivity index (χ0n) is 15.8. The molecule has 0 spiro atoms. The molecule has 2 N–H and O–H groups in total. The van der Waals surface area contributed by atoms with Crippen LogP contribution in [0.5, 0.6) is 11.5 Å². The maximum absolute atomic E-state index is 12.9. The van der Waals surface area contributed by atoms with Crippen LogP contribution in [0.4, 0.5) is 0 Å². The first-order valence-electron chi connectivity index (χ1n) is 8.64. The Labute approximate surface area is 165 Å². The van der Waals surface area contributed by atoms with Gasteiger partial charge in [0.2, 0.25) is 5.91 Å². The standard InChI is InChI=1S/C17H20N6O4S/c1-17(2)12(13-19-21-22-20-13)23-15(25)11(16(23)28-17)18-14(24)10-8(26-3)6-5-7-9(10)27-4/h5-7,11-12,16H,1-4H3,(H,18,24)(H,19,20,21,22). The first kappa shape index (κ1) is 18.5. The number of carbonyl (C=O) groups excluding carboxylic acids is 2. The zero-order valence-corrected chi connectivity index (χ0v) is 16.6. The van der Waals surface area contributed by atoms with Crippen LogP contribution in [0, 0.1) is 0 Å². The Hall–Kier alpha value is -2.82. The van der Waals surface area contributed by atoms with Gasteiger partial charge < -0.3 is 19.7 Å². The van der Waals surface area contributed by atoms with Crippen LogP contribution in [0.3, 0.4) is 0 Å². The maximum atomic E-state index is 12.9. The van der Waals surface area contributed by atoms with E-state index in [9.17, 15) is 9.59 Å². The van der Waals surface area contributed by atoms with Gasteiger partial charge in [0.15, 0.2) is 5.82 Å². The number of hydrogen-bond donors (Lipinski definition) is 2. The molecule has 0 bridgehead atoms. The number of fused-ring (bicyclic) bond motifs is 1. The molecule has 2 aliphatic heterocycles. The molecule has 1 aromatic carbocycles. The third kappa shape index (κ3) is 2.68. The third-order valence-corrected chi connectivity index (χ3v) is 6.57. The molecule has 1 aromatic heterocycles. The van der Waals surface area contributed by atoms with Crippen LogP contribution < -0.4 is 14.8 Å². The summed E-state index contributed by atoms with van der Waals surface area (Å²) < 4.78 is 10.3. The van der Waals surface area contributed by atoms with E-state index in [0.29, 0.717) is 17.3 Å². The molecule has 4 rings (SSSR count). The minimum atomic E-state index is -0.646. The van der Waals surface area contributed by atoms with Crippen molar-refractivity contribution >= 4 is 23.6 Å². The lowest BCUT2D eigenvalue weighted by Crippen LogP contribution is -2.67. The molecule has 2 fully saturated rings.